The average molecular weight is 282 g/mol. The molecule has 0 saturated heterocycles. The van der Waals surface area contributed by atoms with Gasteiger partial charge in [-0.3, -0.25) is 0 Å². The molecule has 0 saturated carbocycles. The fraction of sp³-hybridized carbons (Fsp3) is 0.950. The zero-order valence-electron chi connectivity index (χ0n) is 14.6. The van der Waals surface area contributed by atoms with Crippen molar-refractivity contribution in [3.05, 3.63) is 6.92 Å². The molecule has 0 fully saturated rings. The monoisotopic (exact) mass is 281 g/mol. The van der Waals surface area contributed by atoms with Gasteiger partial charge in [-0.25, -0.2) is 0 Å². The minimum atomic E-state index is 1.03. The van der Waals surface area contributed by atoms with Crippen LogP contribution in [0.4, 0.5) is 0 Å². The van der Waals surface area contributed by atoms with Crippen LogP contribution in [0.1, 0.15) is 117 Å². The lowest BCUT2D eigenvalue weighted by Crippen LogP contribution is -2.00. The summed E-state index contributed by atoms with van der Waals surface area (Å²) in [7, 11) is 0. The molecule has 0 N–H and O–H groups in total. The van der Waals surface area contributed by atoms with Gasteiger partial charge in [0.25, 0.3) is 0 Å². The minimum absolute atomic E-state index is 1.03. The predicted octanol–water partition coefficient (Wildman–Crippen LogP) is 7.72. The Labute approximate surface area is 130 Å². The highest BCUT2D eigenvalue weighted by Gasteiger charge is 2.07. The molecule has 1 unspecified atom stereocenters. The lowest BCUT2D eigenvalue weighted by atomic mass is 9.91. The number of hydrogen-bond acceptors (Lipinski definition) is 0. The molecule has 1 atom stereocenters. The second-order valence-corrected chi connectivity index (χ2v) is 6.62. The Morgan fingerprint density at radius 1 is 0.550 bits per heavy atom. The first kappa shape index (κ1) is 20.0. The molecular weight excluding hydrogens is 240 g/mol. The van der Waals surface area contributed by atoms with Crippen LogP contribution >= 0.6 is 0 Å². The first-order valence-corrected chi connectivity index (χ1v) is 9.64. The van der Waals surface area contributed by atoms with E-state index in [1.807, 2.05) is 0 Å². The molecule has 0 aromatic rings. The summed E-state index contributed by atoms with van der Waals surface area (Å²) in [6.07, 6.45) is 22.7. The molecule has 0 spiro atoms. The van der Waals surface area contributed by atoms with Crippen molar-refractivity contribution in [2.24, 2.45) is 5.92 Å². The van der Waals surface area contributed by atoms with Gasteiger partial charge in [0, 0.05) is 0 Å². The van der Waals surface area contributed by atoms with E-state index in [2.05, 4.69) is 20.8 Å². The van der Waals surface area contributed by atoms with Crippen LogP contribution in [0.25, 0.3) is 0 Å². The molecule has 0 amide bonds. The molecule has 0 rings (SSSR count). The van der Waals surface area contributed by atoms with E-state index in [0.717, 1.165) is 12.3 Å². The van der Waals surface area contributed by atoms with E-state index in [-0.39, 0.29) is 0 Å². The topological polar surface area (TPSA) is 0 Å². The SMILES string of the molecule is [CH2]CCCCCCCCCC(CCC)CCCCCC. The van der Waals surface area contributed by atoms with Gasteiger partial charge in [0.15, 0.2) is 0 Å². The quantitative estimate of drug-likeness (QED) is 0.254. The Balaban J connectivity index is 3.40. The highest BCUT2D eigenvalue weighted by Crippen LogP contribution is 2.22. The normalized spacial score (nSPS) is 12.8. The van der Waals surface area contributed by atoms with E-state index in [1.54, 1.807) is 0 Å². The first-order chi connectivity index (χ1) is 9.85. The van der Waals surface area contributed by atoms with Gasteiger partial charge in [0.1, 0.15) is 0 Å². The summed E-state index contributed by atoms with van der Waals surface area (Å²) in [6, 6.07) is 0. The molecule has 0 aliphatic carbocycles. The number of rotatable bonds is 16. The van der Waals surface area contributed by atoms with Crippen LogP contribution in [0.15, 0.2) is 0 Å². The van der Waals surface area contributed by atoms with Gasteiger partial charge in [0.2, 0.25) is 0 Å². The van der Waals surface area contributed by atoms with Gasteiger partial charge >= 0.3 is 0 Å². The molecule has 0 aromatic carbocycles. The Kier molecular flexibility index (Phi) is 17.1. The van der Waals surface area contributed by atoms with Gasteiger partial charge in [-0.2, -0.15) is 0 Å². The average Bonchev–Trinajstić information content (AvgIpc) is 2.46. The molecule has 1 radical (unpaired) electrons. The number of unbranched alkanes of at least 4 members (excludes halogenated alkanes) is 10. The van der Waals surface area contributed by atoms with E-state index in [1.165, 1.54) is 96.3 Å². The van der Waals surface area contributed by atoms with Gasteiger partial charge in [-0.1, -0.05) is 124 Å². The van der Waals surface area contributed by atoms with E-state index in [9.17, 15) is 0 Å². The highest BCUT2D eigenvalue weighted by atomic mass is 14.1. The van der Waals surface area contributed by atoms with Crippen LogP contribution in [-0.2, 0) is 0 Å². The second kappa shape index (κ2) is 17.1. The van der Waals surface area contributed by atoms with Crippen LogP contribution in [0.3, 0.4) is 0 Å². The van der Waals surface area contributed by atoms with Gasteiger partial charge < -0.3 is 0 Å². The summed E-state index contributed by atoms with van der Waals surface area (Å²) in [5, 5.41) is 0. The number of hydrogen-bond donors (Lipinski definition) is 0. The molecule has 0 aliphatic heterocycles. The molecule has 0 heteroatoms. The largest absolute Gasteiger partial charge is 0.0654 e. The third-order valence-corrected chi connectivity index (χ3v) is 4.53. The molecule has 0 aliphatic rings. The van der Waals surface area contributed by atoms with Gasteiger partial charge in [-0.05, 0) is 5.92 Å². The Hall–Kier alpha value is 0. The van der Waals surface area contributed by atoms with Gasteiger partial charge in [-0.15, -0.1) is 0 Å². The summed E-state index contributed by atoms with van der Waals surface area (Å²) in [4.78, 5) is 0. The van der Waals surface area contributed by atoms with Crippen molar-refractivity contribution in [1.82, 2.24) is 0 Å². The fourth-order valence-corrected chi connectivity index (χ4v) is 3.19. The lowest BCUT2D eigenvalue weighted by Gasteiger charge is -2.15. The first-order valence-electron chi connectivity index (χ1n) is 9.64. The predicted molar refractivity (Wildman–Crippen MR) is 94.1 cm³/mol. The summed E-state index contributed by atoms with van der Waals surface area (Å²) in [5.41, 5.74) is 0. The van der Waals surface area contributed by atoms with Gasteiger partial charge in [0.05, 0.1) is 0 Å². The minimum Gasteiger partial charge on any atom is -0.0654 e. The summed E-state index contributed by atoms with van der Waals surface area (Å²) < 4.78 is 0. The maximum atomic E-state index is 3.91. The van der Waals surface area contributed by atoms with Crippen molar-refractivity contribution in [3.8, 4) is 0 Å². The summed E-state index contributed by atoms with van der Waals surface area (Å²) >= 11 is 0. The maximum Gasteiger partial charge on any atom is -0.0414 e. The summed E-state index contributed by atoms with van der Waals surface area (Å²) in [6.45, 7) is 8.56. The third-order valence-electron chi connectivity index (χ3n) is 4.53. The zero-order valence-corrected chi connectivity index (χ0v) is 14.6. The van der Waals surface area contributed by atoms with Crippen LogP contribution in [0.5, 0.6) is 0 Å². The van der Waals surface area contributed by atoms with Crippen LogP contribution in [0, 0.1) is 12.8 Å². The van der Waals surface area contributed by atoms with Crippen molar-refractivity contribution in [3.63, 3.8) is 0 Å². The Bertz CT molecular complexity index is 161. The lowest BCUT2D eigenvalue weighted by molar-refractivity contribution is 0.378. The van der Waals surface area contributed by atoms with E-state index in [4.69, 9.17) is 0 Å². The van der Waals surface area contributed by atoms with Crippen LogP contribution in [-0.4, -0.2) is 0 Å². The third kappa shape index (κ3) is 14.4. The van der Waals surface area contributed by atoms with E-state index in [0.29, 0.717) is 0 Å². The highest BCUT2D eigenvalue weighted by molar-refractivity contribution is 4.60. The fourth-order valence-electron chi connectivity index (χ4n) is 3.19. The Morgan fingerprint density at radius 3 is 1.55 bits per heavy atom. The zero-order chi connectivity index (χ0) is 14.9. The van der Waals surface area contributed by atoms with Crippen molar-refractivity contribution in [2.45, 2.75) is 117 Å². The van der Waals surface area contributed by atoms with E-state index < -0.39 is 0 Å². The second-order valence-electron chi connectivity index (χ2n) is 6.62. The Morgan fingerprint density at radius 2 is 1.05 bits per heavy atom. The molecule has 20 heavy (non-hydrogen) atoms. The van der Waals surface area contributed by atoms with Crippen molar-refractivity contribution in [2.75, 3.05) is 0 Å². The van der Waals surface area contributed by atoms with Crippen molar-refractivity contribution >= 4 is 0 Å². The standard InChI is InChI=1S/C20H41/c1-4-7-9-11-12-13-14-16-19-20(17-6-3)18-15-10-8-5-2/h20H,1,4-19H2,2-3H3. The van der Waals surface area contributed by atoms with Crippen LogP contribution < -0.4 is 0 Å². The van der Waals surface area contributed by atoms with E-state index >= 15 is 0 Å². The van der Waals surface area contributed by atoms with Crippen LogP contribution in [0.2, 0.25) is 0 Å². The molecule has 0 aromatic heterocycles. The smallest absolute Gasteiger partial charge is 0.0414 e. The van der Waals surface area contributed by atoms with Crippen molar-refractivity contribution in [1.29, 1.82) is 0 Å². The summed E-state index contributed by atoms with van der Waals surface area (Å²) in [5.74, 6) is 1.03. The molecule has 0 nitrogen and oxygen atoms in total. The maximum absolute atomic E-state index is 3.91. The molecule has 121 valence electrons. The molecule has 0 heterocycles. The molecule has 0 bridgehead atoms. The van der Waals surface area contributed by atoms with Crippen molar-refractivity contribution < 1.29 is 0 Å². The molecular formula is C20H41.